The van der Waals surface area contributed by atoms with Gasteiger partial charge in [0.05, 0.1) is 37.2 Å². The zero-order valence-corrected chi connectivity index (χ0v) is 25.3. The summed E-state index contributed by atoms with van der Waals surface area (Å²) in [7, 11) is 4.19. The number of hydrogen-bond donors (Lipinski definition) is 4. The van der Waals surface area contributed by atoms with E-state index in [4.69, 9.17) is 19.7 Å². The van der Waals surface area contributed by atoms with Crippen LogP contribution in [-0.4, -0.2) is 104 Å². The minimum absolute atomic E-state index is 0.0374. The molecule has 1 amide bonds. The molecular weight excluding hydrogens is 548 g/mol. The second-order valence-corrected chi connectivity index (χ2v) is 12.4. The third kappa shape index (κ3) is 6.19. The molecule has 0 radical (unpaired) electrons. The summed E-state index contributed by atoms with van der Waals surface area (Å²) >= 11 is 0. The number of likely N-dealkylation sites (N-methyl/N-ethyl adjacent to an activating group) is 1. The summed E-state index contributed by atoms with van der Waals surface area (Å²) < 4.78 is 8.22. The Kier molecular flexibility index (Phi) is 8.80. The number of nitrogens with one attached hydrogen (secondary N) is 2. The standard InChI is InChI=1S/C31H44N8O4/c1-4-25(40)33-22-15-23(28(42)27(22)41)39-18-32-26-29(35-31(36-30(26)39)38-14-13-20(16-38)37(2)3)34-21-11-8-12-24(21)43-17-19-9-6-5-7-10-19/h5-7,9-10,18,20-24,27-28,41-42H,4,8,11-17H2,1-3H3,(H,33,40)(H,34,35,36)/t20-,21-,22+,23-,24-,27-,28+/m1/s1. The molecule has 2 saturated carbocycles. The number of carbonyl (C=O) groups is 1. The highest BCUT2D eigenvalue weighted by molar-refractivity contribution is 5.85. The van der Waals surface area contributed by atoms with E-state index < -0.39 is 24.3 Å². The lowest BCUT2D eigenvalue weighted by molar-refractivity contribution is -0.122. The Morgan fingerprint density at radius 2 is 1.91 bits per heavy atom. The Labute approximate surface area is 252 Å². The van der Waals surface area contributed by atoms with Crippen molar-refractivity contribution in [3.05, 3.63) is 42.2 Å². The number of amides is 1. The summed E-state index contributed by atoms with van der Waals surface area (Å²) in [4.78, 5) is 31.3. The molecule has 1 aliphatic heterocycles. The summed E-state index contributed by atoms with van der Waals surface area (Å²) in [6.07, 6.45) is 4.21. The average molecular weight is 593 g/mol. The van der Waals surface area contributed by atoms with Gasteiger partial charge in [0, 0.05) is 25.6 Å². The number of aliphatic hydroxyl groups is 2. The maximum atomic E-state index is 12.1. The summed E-state index contributed by atoms with van der Waals surface area (Å²) in [6.45, 7) is 3.97. The molecule has 1 aromatic carbocycles. The van der Waals surface area contributed by atoms with Gasteiger partial charge < -0.3 is 40.0 Å². The number of aromatic nitrogens is 4. The molecule has 232 valence electrons. The van der Waals surface area contributed by atoms with Gasteiger partial charge in [0.2, 0.25) is 11.9 Å². The molecule has 3 fully saturated rings. The van der Waals surface area contributed by atoms with Crippen LogP contribution in [-0.2, 0) is 16.1 Å². The van der Waals surface area contributed by atoms with Gasteiger partial charge in [-0.05, 0) is 51.8 Å². The van der Waals surface area contributed by atoms with E-state index in [1.54, 1.807) is 13.3 Å². The number of anilines is 2. The summed E-state index contributed by atoms with van der Waals surface area (Å²) in [6, 6.07) is 9.64. The molecule has 12 nitrogen and oxygen atoms in total. The summed E-state index contributed by atoms with van der Waals surface area (Å²) in [5, 5.41) is 28.4. The Balaban J connectivity index is 1.30. The lowest BCUT2D eigenvalue weighted by atomic mass is 10.2. The third-order valence-electron chi connectivity index (χ3n) is 9.34. The van der Waals surface area contributed by atoms with Gasteiger partial charge in [-0.3, -0.25) is 4.79 Å². The predicted molar refractivity (Wildman–Crippen MR) is 164 cm³/mol. The quantitative estimate of drug-likeness (QED) is 0.277. The molecule has 3 heterocycles. The van der Waals surface area contributed by atoms with Crippen molar-refractivity contribution in [1.82, 2.24) is 29.7 Å². The fourth-order valence-corrected chi connectivity index (χ4v) is 6.71. The number of ether oxygens (including phenoxy) is 1. The van der Waals surface area contributed by atoms with E-state index in [-0.39, 0.29) is 18.1 Å². The van der Waals surface area contributed by atoms with Crippen molar-refractivity contribution < 1.29 is 19.7 Å². The number of aliphatic hydroxyl groups excluding tert-OH is 2. The number of nitrogens with zero attached hydrogens (tertiary/aromatic N) is 6. The molecule has 12 heteroatoms. The van der Waals surface area contributed by atoms with Crippen LogP contribution in [0.2, 0.25) is 0 Å². The molecule has 0 bridgehead atoms. The highest BCUT2D eigenvalue weighted by Gasteiger charge is 2.44. The monoisotopic (exact) mass is 592 g/mol. The van der Waals surface area contributed by atoms with Crippen molar-refractivity contribution in [3.63, 3.8) is 0 Å². The van der Waals surface area contributed by atoms with E-state index in [1.807, 2.05) is 22.8 Å². The fraction of sp³-hybridized carbons (Fsp3) is 0.613. The van der Waals surface area contributed by atoms with Gasteiger partial charge in [-0.2, -0.15) is 9.97 Å². The van der Waals surface area contributed by atoms with Crippen LogP contribution in [0.3, 0.4) is 0 Å². The molecule has 3 aromatic rings. The molecule has 1 saturated heterocycles. The first-order valence-corrected chi connectivity index (χ1v) is 15.6. The molecule has 0 unspecified atom stereocenters. The van der Waals surface area contributed by atoms with Crippen molar-refractivity contribution in [2.75, 3.05) is 37.4 Å². The molecular formula is C31H44N8O4. The first-order chi connectivity index (χ1) is 20.8. The zero-order chi connectivity index (χ0) is 30.1. The van der Waals surface area contributed by atoms with Gasteiger partial charge in [-0.1, -0.05) is 37.3 Å². The molecule has 2 aliphatic carbocycles. The molecule has 6 rings (SSSR count). The first kappa shape index (κ1) is 29.7. The number of fused-ring (bicyclic) bond motifs is 1. The Morgan fingerprint density at radius 3 is 2.65 bits per heavy atom. The number of imidazole rings is 1. The van der Waals surface area contributed by atoms with Crippen molar-refractivity contribution in [2.24, 2.45) is 0 Å². The fourth-order valence-electron chi connectivity index (χ4n) is 6.71. The maximum absolute atomic E-state index is 12.1. The van der Waals surface area contributed by atoms with E-state index in [9.17, 15) is 15.0 Å². The number of hydrogen-bond acceptors (Lipinski definition) is 10. The van der Waals surface area contributed by atoms with Crippen molar-refractivity contribution in [3.8, 4) is 0 Å². The van der Waals surface area contributed by atoms with Crippen LogP contribution < -0.4 is 15.5 Å². The van der Waals surface area contributed by atoms with Crippen LogP contribution in [0.5, 0.6) is 0 Å². The Hall–Kier alpha value is -3.32. The van der Waals surface area contributed by atoms with Crippen molar-refractivity contribution in [1.29, 1.82) is 0 Å². The lowest BCUT2D eigenvalue weighted by Crippen LogP contribution is -2.42. The van der Waals surface area contributed by atoms with Crippen LogP contribution in [0.15, 0.2) is 36.7 Å². The maximum Gasteiger partial charge on any atom is 0.229 e. The topological polar surface area (TPSA) is 141 Å². The van der Waals surface area contributed by atoms with Crippen LogP contribution >= 0.6 is 0 Å². The highest BCUT2D eigenvalue weighted by Crippen LogP contribution is 2.36. The van der Waals surface area contributed by atoms with Gasteiger partial charge in [0.15, 0.2) is 17.0 Å². The normalized spacial score (nSPS) is 29.2. The molecule has 43 heavy (non-hydrogen) atoms. The SMILES string of the molecule is CCC(=O)N[C@H]1C[C@@H](n2cnc3c(N[C@@H]4CCC[C@H]4OCc4ccccc4)nc(N4CC[C@@H](N(C)C)C4)nc32)[C@H](O)[C@@H]1O. The van der Waals surface area contributed by atoms with Gasteiger partial charge in [0.1, 0.15) is 12.2 Å². The van der Waals surface area contributed by atoms with Crippen molar-refractivity contribution >= 4 is 28.8 Å². The minimum Gasteiger partial charge on any atom is -0.388 e. The van der Waals surface area contributed by atoms with Gasteiger partial charge >= 0.3 is 0 Å². The lowest BCUT2D eigenvalue weighted by Gasteiger charge is -2.24. The largest absolute Gasteiger partial charge is 0.388 e. The molecule has 0 spiro atoms. The summed E-state index contributed by atoms with van der Waals surface area (Å²) in [5.74, 6) is 1.11. The van der Waals surface area contributed by atoms with E-state index in [0.29, 0.717) is 48.4 Å². The van der Waals surface area contributed by atoms with Gasteiger partial charge in [-0.25, -0.2) is 4.98 Å². The van der Waals surface area contributed by atoms with E-state index in [1.165, 1.54) is 0 Å². The molecule has 2 aromatic heterocycles. The van der Waals surface area contributed by atoms with E-state index in [2.05, 4.69) is 46.7 Å². The third-order valence-corrected chi connectivity index (χ3v) is 9.34. The number of rotatable bonds is 10. The minimum atomic E-state index is -1.09. The smallest absolute Gasteiger partial charge is 0.229 e. The zero-order valence-electron chi connectivity index (χ0n) is 25.3. The second kappa shape index (κ2) is 12.7. The number of carbonyl (C=O) groups excluding carboxylic acids is 1. The van der Waals surface area contributed by atoms with Crippen LogP contribution in [0.4, 0.5) is 11.8 Å². The van der Waals surface area contributed by atoms with Crippen LogP contribution in [0.1, 0.15) is 57.1 Å². The van der Waals surface area contributed by atoms with Crippen molar-refractivity contribution in [2.45, 2.75) is 94.5 Å². The second-order valence-electron chi connectivity index (χ2n) is 12.4. The predicted octanol–water partition coefficient (Wildman–Crippen LogP) is 2.08. The van der Waals surface area contributed by atoms with Crippen LogP contribution in [0, 0.1) is 0 Å². The number of benzene rings is 1. The van der Waals surface area contributed by atoms with Crippen LogP contribution in [0.25, 0.3) is 11.2 Å². The Morgan fingerprint density at radius 1 is 1.09 bits per heavy atom. The van der Waals surface area contributed by atoms with Gasteiger partial charge in [-0.15, -0.1) is 0 Å². The highest BCUT2D eigenvalue weighted by atomic mass is 16.5. The van der Waals surface area contributed by atoms with E-state index in [0.717, 1.165) is 44.3 Å². The summed E-state index contributed by atoms with van der Waals surface area (Å²) in [5.41, 5.74) is 2.36. The van der Waals surface area contributed by atoms with E-state index >= 15 is 0 Å². The molecule has 7 atom stereocenters. The molecule has 4 N–H and O–H groups in total. The Bertz CT molecular complexity index is 1400. The molecule has 3 aliphatic rings. The average Bonchev–Trinajstić information content (AvgIpc) is 3.81. The van der Waals surface area contributed by atoms with Gasteiger partial charge in [0.25, 0.3) is 0 Å². The first-order valence-electron chi connectivity index (χ1n) is 15.6.